The largest absolute Gasteiger partial charge is 0.491 e. The van der Waals surface area contributed by atoms with Crippen LogP contribution in [0.2, 0.25) is 0 Å². The summed E-state index contributed by atoms with van der Waals surface area (Å²) in [5.41, 5.74) is 5.98. The SMILES string of the molecule is OB(O)c1ccc(CNNc2ccccc2)c(F)c1F. The summed E-state index contributed by atoms with van der Waals surface area (Å²) in [6.45, 7) is 0.0411. The first kappa shape index (κ1) is 14.5. The van der Waals surface area contributed by atoms with Crippen molar-refractivity contribution in [3.8, 4) is 0 Å². The maximum atomic E-state index is 13.7. The molecule has 0 saturated carbocycles. The van der Waals surface area contributed by atoms with Gasteiger partial charge in [0.05, 0.1) is 0 Å². The van der Waals surface area contributed by atoms with E-state index in [4.69, 9.17) is 10.0 Å². The smallest absolute Gasteiger partial charge is 0.423 e. The van der Waals surface area contributed by atoms with Gasteiger partial charge in [-0.1, -0.05) is 30.3 Å². The number of benzene rings is 2. The highest BCUT2D eigenvalue weighted by molar-refractivity contribution is 6.58. The van der Waals surface area contributed by atoms with Gasteiger partial charge < -0.3 is 15.5 Å². The van der Waals surface area contributed by atoms with Crippen LogP contribution in [0.3, 0.4) is 0 Å². The second-order valence-corrected chi connectivity index (χ2v) is 4.16. The minimum absolute atomic E-state index is 0.0411. The third-order valence-corrected chi connectivity index (χ3v) is 2.76. The molecule has 4 N–H and O–H groups in total. The normalized spacial score (nSPS) is 10.4. The van der Waals surface area contributed by atoms with Crippen LogP contribution in [0, 0.1) is 11.6 Å². The van der Waals surface area contributed by atoms with Gasteiger partial charge in [0.25, 0.3) is 0 Å². The highest BCUT2D eigenvalue weighted by atomic mass is 19.2. The molecule has 0 spiro atoms. The predicted molar refractivity (Wildman–Crippen MR) is 73.1 cm³/mol. The molecule has 0 fully saturated rings. The Labute approximate surface area is 115 Å². The molecule has 20 heavy (non-hydrogen) atoms. The quantitative estimate of drug-likeness (QED) is 0.481. The van der Waals surface area contributed by atoms with Crippen molar-refractivity contribution in [3.05, 3.63) is 59.7 Å². The Bertz CT molecular complexity index is 582. The molecule has 0 unspecified atom stereocenters. The molecule has 0 heterocycles. The van der Waals surface area contributed by atoms with Crippen molar-refractivity contribution < 1.29 is 18.8 Å². The molecule has 2 rings (SSSR count). The van der Waals surface area contributed by atoms with E-state index in [1.807, 2.05) is 30.3 Å². The molecule has 4 nitrogen and oxygen atoms in total. The fourth-order valence-electron chi connectivity index (χ4n) is 1.70. The molecule has 0 atom stereocenters. The maximum Gasteiger partial charge on any atom is 0.491 e. The first-order valence-electron chi connectivity index (χ1n) is 5.96. The van der Waals surface area contributed by atoms with E-state index in [2.05, 4.69) is 10.9 Å². The number of hydrogen-bond donors (Lipinski definition) is 4. The van der Waals surface area contributed by atoms with Gasteiger partial charge in [-0.3, -0.25) is 0 Å². The van der Waals surface area contributed by atoms with Crippen LogP contribution < -0.4 is 16.3 Å². The van der Waals surface area contributed by atoms with Gasteiger partial charge in [0.1, 0.15) is 0 Å². The zero-order valence-corrected chi connectivity index (χ0v) is 10.5. The second kappa shape index (κ2) is 6.47. The number of para-hydroxylation sites is 1. The number of hydrogen-bond acceptors (Lipinski definition) is 4. The molecule has 2 aromatic carbocycles. The lowest BCUT2D eigenvalue weighted by molar-refractivity contribution is 0.419. The summed E-state index contributed by atoms with van der Waals surface area (Å²) in [6.07, 6.45) is 0. The first-order valence-corrected chi connectivity index (χ1v) is 5.96. The lowest BCUT2D eigenvalue weighted by atomic mass is 9.79. The lowest BCUT2D eigenvalue weighted by Gasteiger charge is -2.11. The number of hydrazine groups is 1. The van der Waals surface area contributed by atoms with Gasteiger partial charge in [0.15, 0.2) is 11.6 Å². The van der Waals surface area contributed by atoms with Crippen LogP contribution in [0.1, 0.15) is 5.56 Å². The third-order valence-electron chi connectivity index (χ3n) is 2.76. The van der Waals surface area contributed by atoms with Crippen LogP contribution in [0.4, 0.5) is 14.5 Å². The summed E-state index contributed by atoms with van der Waals surface area (Å²) in [5.74, 6) is -2.35. The van der Waals surface area contributed by atoms with Crippen molar-refractivity contribution in [1.82, 2.24) is 5.43 Å². The van der Waals surface area contributed by atoms with E-state index in [1.165, 1.54) is 6.07 Å². The van der Waals surface area contributed by atoms with Crippen LogP contribution in [-0.2, 0) is 6.54 Å². The van der Waals surface area contributed by atoms with Crippen LogP contribution in [0.25, 0.3) is 0 Å². The molecule has 104 valence electrons. The van der Waals surface area contributed by atoms with Gasteiger partial charge in [0.2, 0.25) is 0 Å². The highest BCUT2D eigenvalue weighted by Crippen LogP contribution is 2.10. The Balaban J connectivity index is 2.02. The van der Waals surface area contributed by atoms with Crippen molar-refractivity contribution in [2.45, 2.75) is 6.54 Å². The molecule has 0 radical (unpaired) electrons. The Morgan fingerprint density at radius 2 is 1.65 bits per heavy atom. The van der Waals surface area contributed by atoms with Gasteiger partial charge in [0, 0.05) is 23.3 Å². The van der Waals surface area contributed by atoms with E-state index < -0.39 is 24.2 Å². The molecule has 0 aliphatic heterocycles. The summed E-state index contributed by atoms with van der Waals surface area (Å²) in [6, 6.07) is 11.6. The van der Waals surface area contributed by atoms with Crippen LogP contribution >= 0.6 is 0 Å². The van der Waals surface area contributed by atoms with Crippen molar-refractivity contribution in [2.75, 3.05) is 5.43 Å². The van der Waals surface area contributed by atoms with Crippen molar-refractivity contribution in [3.63, 3.8) is 0 Å². The van der Waals surface area contributed by atoms with Crippen molar-refractivity contribution >= 4 is 18.3 Å². The monoisotopic (exact) mass is 278 g/mol. The Morgan fingerprint density at radius 1 is 0.950 bits per heavy atom. The predicted octanol–water partition coefficient (Wildman–Crippen LogP) is 0.761. The molecule has 7 heteroatoms. The summed E-state index contributed by atoms with van der Waals surface area (Å²) in [7, 11) is -2.03. The average molecular weight is 278 g/mol. The minimum atomic E-state index is -2.03. The summed E-state index contributed by atoms with van der Waals surface area (Å²) in [5, 5.41) is 17.7. The van der Waals surface area contributed by atoms with E-state index in [9.17, 15) is 8.78 Å². The van der Waals surface area contributed by atoms with E-state index in [0.29, 0.717) is 0 Å². The molecule has 2 aromatic rings. The van der Waals surface area contributed by atoms with E-state index in [-0.39, 0.29) is 12.1 Å². The summed E-state index contributed by atoms with van der Waals surface area (Å²) in [4.78, 5) is 0. The van der Waals surface area contributed by atoms with Gasteiger partial charge in [-0.25, -0.2) is 14.2 Å². The Morgan fingerprint density at radius 3 is 2.30 bits per heavy atom. The van der Waals surface area contributed by atoms with E-state index >= 15 is 0 Å². The molecule has 0 saturated heterocycles. The zero-order chi connectivity index (χ0) is 14.5. The Hall–Kier alpha value is -1.96. The minimum Gasteiger partial charge on any atom is -0.423 e. The number of nitrogens with one attached hydrogen (secondary N) is 2. The van der Waals surface area contributed by atoms with Crippen LogP contribution in [0.5, 0.6) is 0 Å². The van der Waals surface area contributed by atoms with E-state index in [1.54, 1.807) is 0 Å². The summed E-state index contributed by atoms with van der Waals surface area (Å²) < 4.78 is 27.2. The topological polar surface area (TPSA) is 64.5 Å². The van der Waals surface area contributed by atoms with Crippen LogP contribution in [-0.4, -0.2) is 17.2 Å². The third kappa shape index (κ3) is 3.33. The van der Waals surface area contributed by atoms with Gasteiger partial charge in [-0.15, -0.1) is 0 Å². The summed E-state index contributed by atoms with van der Waals surface area (Å²) >= 11 is 0. The first-order chi connectivity index (χ1) is 9.59. The molecule has 0 amide bonds. The zero-order valence-electron chi connectivity index (χ0n) is 10.5. The van der Waals surface area contributed by atoms with Gasteiger partial charge >= 0.3 is 7.12 Å². The average Bonchev–Trinajstić information content (AvgIpc) is 2.44. The molecule has 0 aliphatic rings. The van der Waals surface area contributed by atoms with E-state index in [0.717, 1.165) is 11.8 Å². The van der Waals surface area contributed by atoms with Crippen LogP contribution in [0.15, 0.2) is 42.5 Å². The van der Waals surface area contributed by atoms with Gasteiger partial charge in [-0.2, -0.15) is 0 Å². The fourth-order valence-corrected chi connectivity index (χ4v) is 1.70. The van der Waals surface area contributed by atoms with Crippen molar-refractivity contribution in [2.24, 2.45) is 0 Å². The van der Waals surface area contributed by atoms with Gasteiger partial charge in [-0.05, 0) is 12.1 Å². The second-order valence-electron chi connectivity index (χ2n) is 4.16. The lowest BCUT2D eigenvalue weighted by Crippen LogP contribution is -2.34. The molecular formula is C13H13BF2N2O2. The molecule has 0 aliphatic carbocycles. The molecular weight excluding hydrogens is 265 g/mol. The Kier molecular flexibility index (Phi) is 4.68. The highest BCUT2D eigenvalue weighted by Gasteiger charge is 2.21. The van der Waals surface area contributed by atoms with Crippen molar-refractivity contribution in [1.29, 1.82) is 0 Å². The fraction of sp³-hybridized carbons (Fsp3) is 0.0769. The number of anilines is 1. The number of rotatable bonds is 5. The standard InChI is InChI=1S/C13H13BF2N2O2/c15-12-9(6-7-11(13(12)16)14(19)20)8-17-18-10-4-2-1-3-5-10/h1-7,17-20H,8H2. The maximum absolute atomic E-state index is 13.7. The number of halogens is 2. The molecule has 0 bridgehead atoms. The molecule has 0 aromatic heterocycles.